The number of piperidine rings is 1. The van der Waals surface area contributed by atoms with Gasteiger partial charge in [-0.1, -0.05) is 0 Å². The van der Waals surface area contributed by atoms with Crippen LogP contribution < -0.4 is 10.1 Å². The van der Waals surface area contributed by atoms with Crippen LogP contribution in [0.2, 0.25) is 0 Å². The number of hydrogen-bond acceptors (Lipinski definition) is 4. The summed E-state index contributed by atoms with van der Waals surface area (Å²) >= 11 is 0. The highest BCUT2D eigenvalue weighted by Gasteiger charge is 2.34. The summed E-state index contributed by atoms with van der Waals surface area (Å²) in [6.07, 6.45) is -4.10. The van der Waals surface area contributed by atoms with E-state index in [0.29, 0.717) is 12.4 Å². The quantitative estimate of drug-likeness (QED) is 0.802. The smallest absolute Gasteiger partial charge is 0.405 e. The van der Waals surface area contributed by atoms with Gasteiger partial charge < -0.3 is 10.1 Å². The number of hydrogen-bond donors (Lipinski definition) is 1. The number of benzene rings is 1. The average Bonchev–Trinajstić information content (AvgIpc) is 2.60. The summed E-state index contributed by atoms with van der Waals surface area (Å²) < 4.78 is 68.2. The molecule has 1 aliphatic heterocycles. The highest BCUT2D eigenvalue weighted by Crippen LogP contribution is 2.25. The van der Waals surface area contributed by atoms with Gasteiger partial charge in [-0.2, -0.15) is 17.5 Å². The van der Waals surface area contributed by atoms with Crippen LogP contribution >= 0.6 is 0 Å². The Bertz CT molecular complexity index is 712. The molecule has 0 unspecified atom stereocenters. The van der Waals surface area contributed by atoms with Crippen molar-refractivity contribution in [2.75, 3.05) is 26.2 Å². The normalized spacial score (nSPS) is 17.1. The molecule has 0 radical (unpaired) electrons. The highest BCUT2D eigenvalue weighted by atomic mass is 32.2. The van der Waals surface area contributed by atoms with E-state index in [2.05, 4.69) is 0 Å². The fourth-order valence-corrected chi connectivity index (χ4v) is 4.18. The lowest BCUT2D eigenvalue weighted by molar-refractivity contribution is -0.141. The number of carbonyl (C=O) groups is 1. The molecule has 0 saturated carbocycles. The first-order valence-corrected chi connectivity index (χ1v) is 9.65. The molecule has 1 saturated heterocycles. The number of halogens is 3. The molecule has 10 heteroatoms. The van der Waals surface area contributed by atoms with Gasteiger partial charge in [-0.05, 0) is 44.0 Å². The van der Waals surface area contributed by atoms with E-state index in [9.17, 15) is 26.4 Å². The van der Waals surface area contributed by atoms with Crippen LogP contribution in [0.25, 0.3) is 0 Å². The van der Waals surface area contributed by atoms with E-state index in [1.54, 1.807) is 12.1 Å². The molecule has 0 aromatic heterocycles. The zero-order chi connectivity index (χ0) is 19.4. The van der Waals surface area contributed by atoms with Gasteiger partial charge in [0.2, 0.25) is 15.9 Å². The van der Waals surface area contributed by atoms with Crippen LogP contribution in [0.15, 0.2) is 29.2 Å². The van der Waals surface area contributed by atoms with E-state index in [4.69, 9.17) is 4.74 Å². The maximum absolute atomic E-state index is 12.6. The molecule has 0 atom stereocenters. The van der Waals surface area contributed by atoms with Gasteiger partial charge in [0.15, 0.2) is 0 Å². The minimum Gasteiger partial charge on any atom is -0.494 e. The number of nitrogens with one attached hydrogen (secondary N) is 1. The van der Waals surface area contributed by atoms with Crippen molar-refractivity contribution in [2.45, 2.75) is 30.8 Å². The van der Waals surface area contributed by atoms with Crippen molar-refractivity contribution >= 4 is 15.9 Å². The molecule has 1 heterocycles. The van der Waals surface area contributed by atoms with Gasteiger partial charge in [-0.25, -0.2) is 8.42 Å². The third-order valence-corrected chi connectivity index (χ3v) is 5.97. The second-order valence-electron chi connectivity index (χ2n) is 5.92. The summed E-state index contributed by atoms with van der Waals surface area (Å²) in [6, 6.07) is 6.02. The van der Waals surface area contributed by atoms with Crippen molar-refractivity contribution in [3.05, 3.63) is 24.3 Å². The van der Waals surface area contributed by atoms with E-state index in [-0.39, 0.29) is 30.8 Å². The number of nitrogens with zero attached hydrogens (tertiary/aromatic N) is 1. The molecule has 1 aromatic carbocycles. The summed E-state index contributed by atoms with van der Waals surface area (Å²) in [5, 5.41) is 1.85. The number of ether oxygens (including phenoxy) is 1. The van der Waals surface area contributed by atoms with E-state index in [0.717, 1.165) is 0 Å². The van der Waals surface area contributed by atoms with Crippen LogP contribution in [0.3, 0.4) is 0 Å². The predicted octanol–water partition coefficient (Wildman–Crippen LogP) is 2.16. The molecule has 1 N–H and O–H groups in total. The minimum absolute atomic E-state index is 0.0830. The fraction of sp³-hybridized carbons (Fsp3) is 0.562. The van der Waals surface area contributed by atoms with E-state index in [1.165, 1.54) is 16.4 Å². The molecular formula is C16H21F3N2O4S. The van der Waals surface area contributed by atoms with Gasteiger partial charge in [0.1, 0.15) is 12.3 Å². The second kappa shape index (κ2) is 8.26. The number of carbonyl (C=O) groups excluding carboxylic acids is 1. The summed E-state index contributed by atoms with van der Waals surface area (Å²) in [6.45, 7) is 1.07. The van der Waals surface area contributed by atoms with Crippen molar-refractivity contribution in [3.63, 3.8) is 0 Å². The zero-order valence-corrected chi connectivity index (χ0v) is 15.1. The second-order valence-corrected chi connectivity index (χ2v) is 7.85. The lowest BCUT2D eigenvalue weighted by Gasteiger charge is -2.30. The Kier molecular flexibility index (Phi) is 6.51. The molecule has 26 heavy (non-hydrogen) atoms. The molecule has 0 aliphatic carbocycles. The number of alkyl halides is 3. The van der Waals surface area contributed by atoms with Crippen LogP contribution in [0.5, 0.6) is 5.75 Å². The molecule has 146 valence electrons. The lowest BCUT2D eigenvalue weighted by atomic mass is 9.97. The lowest BCUT2D eigenvalue weighted by Crippen LogP contribution is -2.44. The fourth-order valence-electron chi connectivity index (χ4n) is 2.71. The summed E-state index contributed by atoms with van der Waals surface area (Å²) in [7, 11) is -3.71. The van der Waals surface area contributed by atoms with Crippen LogP contribution in [-0.2, 0) is 14.8 Å². The topological polar surface area (TPSA) is 75.7 Å². The van der Waals surface area contributed by atoms with Crippen LogP contribution in [0, 0.1) is 5.92 Å². The van der Waals surface area contributed by atoms with Gasteiger partial charge in [-0.3, -0.25) is 4.79 Å². The molecular weight excluding hydrogens is 373 g/mol. The van der Waals surface area contributed by atoms with E-state index < -0.39 is 34.6 Å². The standard InChI is InChI=1S/C16H21F3N2O4S/c1-2-25-13-3-5-14(6-4-13)26(23,24)21-9-7-12(8-10-21)15(22)20-11-16(17,18)19/h3-6,12H,2,7-11H2,1H3,(H,20,22). The number of amides is 1. The van der Waals surface area contributed by atoms with Crippen LogP contribution in [0.1, 0.15) is 19.8 Å². The Hall–Kier alpha value is -1.81. The van der Waals surface area contributed by atoms with Gasteiger partial charge in [0.05, 0.1) is 11.5 Å². The molecule has 1 fully saturated rings. The van der Waals surface area contributed by atoms with Crippen LogP contribution in [0.4, 0.5) is 13.2 Å². The Morgan fingerprint density at radius 2 is 1.81 bits per heavy atom. The van der Waals surface area contributed by atoms with Gasteiger partial charge in [0, 0.05) is 19.0 Å². The molecule has 0 spiro atoms. The first-order chi connectivity index (χ1) is 12.1. The zero-order valence-electron chi connectivity index (χ0n) is 14.3. The van der Waals surface area contributed by atoms with E-state index in [1.807, 2.05) is 12.2 Å². The first-order valence-electron chi connectivity index (χ1n) is 8.21. The Balaban J connectivity index is 1.94. The monoisotopic (exact) mass is 394 g/mol. The third kappa shape index (κ3) is 5.34. The maximum Gasteiger partial charge on any atom is 0.405 e. The van der Waals surface area contributed by atoms with Crippen LogP contribution in [-0.4, -0.2) is 51.0 Å². The average molecular weight is 394 g/mol. The SMILES string of the molecule is CCOc1ccc(S(=O)(=O)N2CCC(C(=O)NCC(F)(F)F)CC2)cc1. The van der Waals surface area contributed by atoms with Gasteiger partial charge in [0.25, 0.3) is 0 Å². The molecule has 2 rings (SSSR count). The Morgan fingerprint density at radius 3 is 2.31 bits per heavy atom. The largest absolute Gasteiger partial charge is 0.494 e. The van der Waals surface area contributed by atoms with E-state index >= 15 is 0 Å². The minimum atomic E-state index is -4.46. The first kappa shape index (κ1) is 20.5. The number of sulfonamides is 1. The van der Waals surface area contributed by atoms with Crippen molar-refractivity contribution in [2.24, 2.45) is 5.92 Å². The van der Waals surface area contributed by atoms with Crippen molar-refractivity contribution in [1.82, 2.24) is 9.62 Å². The molecule has 0 bridgehead atoms. The summed E-state index contributed by atoms with van der Waals surface area (Å²) in [4.78, 5) is 11.9. The summed E-state index contributed by atoms with van der Waals surface area (Å²) in [5.41, 5.74) is 0. The third-order valence-electron chi connectivity index (χ3n) is 4.06. The van der Waals surface area contributed by atoms with Gasteiger partial charge >= 0.3 is 6.18 Å². The molecule has 1 amide bonds. The van der Waals surface area contributed by atoms with Gasteiger partial charge in [-0.15, -0.1) is 0 Å². The Labute approximate surface area is 150 Å². The van der Waals surface area contributed by atoms with Crippen molar-refractivity contribution in [1.29, 1.82) is 0 Å². The predicted molar refractivity (Wildman–Crippen MR) is 88.2 cm³/mol. The summed E-state index contributed by atoms with van der Waals surface area (Å²) in [5.74, 6) is -0.754. The van der Waals surface area contributed by atoms with Crippen molar-refractivity contribution < 1.29 is 31.1 Å². The molecule has 1 aliphatic rings. The van der Waals surface area contributed by atoms with Crippen molar-refractivity contribution in [3.8, 4) is 5.75 Å². The molecule has 1 aromatic rings. The molecule has 6 nitrogen and oxygen atoms in total. The highest BCUT2D eigenvalue weighted by molar-refractivity contribution is 7.89. The Morgan fingerprint density at radius 1 is 1.23 bits per heavy atom. The maximum atomic E-state index is 12.6. The number of rotatable bonds is 6.